The smallest absolute Gasteiger partial charge is 0.301 e. The van der Waals surface area contributed by atoms with E-state index in [1.165, 1.54) is 16.2 Å². The maximum atomic E-state index is 13.4. The maximum absolute atomic E-state index is 13.4. The lowest BCUT2D eigenvalue weighted by Gasteiger charge is -2.24. The fourth-order valence-corrected chi connectivity index (χ4v) is 4.92. The molecule has 5 rings (SSSR count). The first kappa shape index (κ1) is 24.4. The monoisotopic (exact) mass is 520 g/mol. The summed E-state index contributed by atoms with van der Waals surface area (Å²) in [6, 6.07) is 9.06. The molecule has 2 aromatic carbocycles. The second kappa shape index (κ2) is 10.4. The van der Waals surface area contributed by atoms with Crippen molar-refractivity contribution in [2.45, 2.75) is 13.0 Å². The average Bonchev–Trinajstić information content (AvgIpc) is 3.54. The summed E-state index contributed by atoms with van der Waals surface area (Å²) in [5.74, 6) is -0.0253. The van der Waals surface area contributed by atoms with Gasteiger partial charge in [0, 0.05) is 17.1 Å². The summed E-state index contributed by atoms with van der Waals surface area (Å²) in [4.78, 5) is 32.2. The van der Waals surface area contributed by atoms with Crippen molar-refractivity contribution in [1.82, 2.24) is 4.98 Å². The van der Waals surface area contributed by atoms with Crippen LogP contribution in [0.3, 0.4) is 0 Å². The van der Waals surface area contributed by atoms with Gasteiger partial charge in [0.05, 0.1) is 18.2 Å². The highest BCUT2D eigenvalue weighted by molar-refractivity contribution is 7.14. The molecule has 1 unspecified atom stereocenters. The van der Waals surface area contributed by atoms with E-state index in [0.29, 0.717) is 59.1 Å². The van der Waals surface area contributed by atoms with Crippen molar-refractivity contribution in [3.8, 4) is 23.0 Å². The number of fused-ring (bicyclic) bond motifs is 1. The predicted molar refractivity (Wildman–Crippen MR) is 138 cm³/mol. The predicted octanol–water partition coefficient (Wildman–Crippen LogP) is 4.50. The number of ether oxygens (including phenoxy) is 4. The number of aliphatic hydroxyl groups is 1. The summed E-state index contributed by atoms with van der Waals surface area (Å²) in [5.41, 5.74) is 0.796. The van der Waals surface area contributed by atoms with Crippen LogP contribution in [0.1, 0.15) is 24.1 Å². The van der Waals surface area contributed by atoms with Crippen LogP contribution in [0.15, 0.2) is 66.2 Å². The van der Waals surface area contributed by atoms with E-state index in [1.54, 1.807) is 54.1 Å². The van der Waals surface area contributed by atoms with Gasteiger partial charge >= 0.3 is 5.91 Å². The molecular formula is C27H24N2O7S. The molecule has 0 bridgehead atoms. The molecule has 190 valence electrons. The first-order chi connectivity index (χ1) is 18.0. The third kappa shape index (κ3) is 4.51. The fourth-order valence-electron chi connectivity index (χ4n) is 4.26. The number of carbonyl (C=O) groups is 2. The van der Waals surface area contributed by atoms with E-state index >= 15 is 0 Å². The molecule has 3 heterocycles. The summed E-state index contributed by atoms with van der Waals surface area (Å²) in [7, 11) is 0. The topological polar surface area (TPSA) is 107 Å². The minimum absolute atomic E-state index is 0.0703. The highest BCUT2D eigenvalue weighted by atomic mass is 32.1. The second-order valence-electron chi connectivity index (χ2n) is 8.08. The number of hydrogen-bond acceptors (Lipinski definition) is 9. The molecule has 1 fully saturated rings. The van der Waals surface area contributed by atoms with E-state index in [9.17, 15) is 14.7 Å². The van der Waals surface area contributed by atoms with Gasteiger partial charge in [-0.3, -0.25) is 14.5 Å². The first-order valence-corrected chi connectivity index (χ1v) is 12.5. The number of carbonyl (C=O) groups excluding carboxylic acids is 2. The van der Waals surface area contributed by atoms with E-state index < -0.39 is 17.7 Å². The van der Waals surface area contributed by atoms with E-state index in [0.717, 1.165) is 0 Å². The second-order valence-corrected chi connectivity index (χ2v) is 8.95. The zero-order valence-corrected chi connectivity index (χ0v) is 20.8. The van der Waals surface area contributed by atoms with Crippen molar-refractivity contribution in [3.63, 3.8) is 0 Å². The average molecular weight is 521 g/mol. The molecule has 3 aromatic rings. The Bertz CT molecular complexity index is 1380. The van der Waals surface area contributed by atoms with E-state index in [1.807, 2.05) is 6.92 Å². The SMILES string of the molecule is C=CCOc1ccc(C2C(=C(O)c3ccc4c(c3)OCCO4)C(=O)C(=O)N2c2nccs2)cc1OCC. The summed E-state index contributed by atoms with van der Waals surface area (Å²) in [6.07, 6.45) is 3.17. The van der Waals surface area contributed by atoms with Gasteiger partial charge in [-0.2, -0.15) is 0 Å². The van der Waals surface area contributed by atoms with Crippen LogP contribution in [0.5, 0.6) is 23.0 Å². The summed E-state index contributed by atoms with van der Waals surface area (Å²) in [6.45, 7) is 6.95. The quantitative estimate of drug-likeness (QED) is 0.200. The Balaban J connectivity index is 1.66. The van der Waals surface area contributed by atoms with Gasteiger partial charge in [0.1, 0.15) is 25.6 Å². The zero-order valence-electron chi connectivity index (χ0n) is 20.0. The lowest BCUT2D eigenvalue weighted by Crippen LogP contribution is -2.29. The van der Waals surface area contributed by atoms with Gasteiger partial charge in [0.15, 0.2) is 28.1 Å². The number of hydrogen-bond donors (Lipinski definition) is 1. The zero-order chi connectivity index (χ0) is 25.9. The molecular weight excluding hydrogens is 496 g/mol. The van der Waals surface area contributed by atoms with Crippen LogP contribution < -0.4 is 23.8 Å². The minimum atomic E-state index is -0.952. The van der Waals surface area contributed by atoms with E-state index in [2.05, 4.69) is 11.6 Å². The van der Waals surface area contributed by atoms with Crippen molar-refractivity contribution < 1.29 is 33.6 Å². The number of rotatable bonds is 8. The number of Topliss-reactive ketones (excluding diaryl/α,β-unsaturated/α-hetero) is 1. The minimum Gasteiger partial charge on any atom is -0.507 e. The molecule has 37 heavy (non-hydrogen) atoms. The van der Waals surface area contributed by atoms with Crippen molar-refractivity contribution in [2.75, 3.05) is 31.3 Å². The lowest BCUT2D eigenvalue weighted by atomic mass is 9.95. The van der Waals surface area contributed by atoms with Crippen LogP contribution >= 0.6 is 11.3 Å². The highest BCUT2D eigenvalue weighted by Crippen LogP contribution is 2.45. The molecule has 1 N–H and O–H groups in total. The molecule has 0 aliphatic carbocycles. The molecule has 9 nitrogen and oxygen atoms in total. The van der Waals surface area contributed by atoms with Crippen LogP contribution in [-0.2, 0) is 9.59 Å². The fraction of sp³-hybridized carbons (Fsp3) is 0.222. The number of benzene rings is 2. The third-order valence-electron chi connectivity index (χ3n) is 5.83. The van der Waals surface area contributed by atoms with E-state index in [-0.39, 0.29) is 17.9 Å². The molecule has 1 atom stereocenters. The van der Waals surface area contributed by atoms with Crippen LogP contribution in [0.4, 0.5) is 5.13 Å². The molecule has 1 amide bonds. The molecule has 1 aromatic heterocycles. The van der Waals surface area contributed by atoms with Gasteiger partial charge in [-0.25, -0.2) is 4.98 Å². The molecule has 10 heteroatoms. The molecule has 0 spiro atoms. The Hall–Kier alpha value is -4.31. The third-order valence-corrected chi connectivity index (χ3v) is 6.60. The van der Waals surface area contributed by atoms with Gasteiger partial charge in [-0.05, 0) is 42.8 Å². The highest BCUT2D eigenvalue weighted by Gasteiger charge is 2.48. The molecule has 0 saturated carbocycles. The summed E-state index contributed by atoms with van der Waals surface area (Å²) >= 11 is 1.22. The number of thiazole rings is 1. The largest absolute Gasteiger partial charge is 0.507 e. The number of amides is 1. The van der Waals surface area contributed by atoms with Gasteiger partial charge in [0.2, 0.25) is 0 Å². The van der Waals surface area contributed by atoms with Crippen molar-refractivity contribution in [3.05, 3.63) is 77.3 Å². The molecule has 2 aliphatic heterocycles. The van der Waals surface area contributed by atoms with Gasteiger partial charge in [-0.15, -0.1) is 11.3 Å². The molecule has 1 saturated heterocycles. The number of aromatic nitrogens is 1. The Labute approximate surface area is 217 Å². The summed E-state index contributed by atoms with van der Waals surface area (Å²) in [5, 5.41) is 13.4. The normalized spacial score (nSPS) is 18.1. The van der Waals surface area contributed by atoms with Crippen LogP contribution in [0.2, 0.25) is 0 Å². The maximum Gasteiger partial charge on any atom is 0.301 e. The van der Waals surface area contributed by atoms with Gasteiger partial charge < -0.3 is 24.1 Å². The lowest BCUT2D eigenvalue weighted by molar-refractivity contribution is -0.132. The number of ketones is 1. The first-order valence-electron chi connectivity index (χ1n) is 11.6. The van der Waals surface area contributed by atoms with Crippen LogP contribution in [0.25, 0.3) is 5.76 Å². The van der Waals surface area contributed by atoms with Crippen molar-refractivity contribution in [1.29, 1.82) is 0 Å². The summed E-state index contributed by atoms with van der Waals surface area (Å²) < 4.78 is 22.7. The Morgan fingerprint density at radius 2 is 1.97 bits per heavy atom. The Morgan fingerprint density at radius 3 is 2.70 bits per heavy atom. The van der Waals surface area contributed by atoms with E-state index in [4.69, 9.17) is 18.9 Å². The Kier molecular flexibility index (Phi) is 6.82. The number of nitrogens with zero attached hydrogens (tertiary/aromatic N) is 2. The molecule has 2 aliphatic rings. The number of aliphatic hydroxyl groups excluding tert-OH is 1. The van der Waals surface area contributed by atoms with Crippen LogP contribution in [-0.4, -0.2) is 48.2 Å². The Morgan fingerprint density at radius 1 is 1.16 bits per heavy atom. The number of anilines is 1. The van der Waals surface area contributed by atoms with Gasteiger partial charge in [0.25, 0.3) is 5.78 Å². The van der Waals surface area contributed by atoms with Crippen molar-refractivity contribution >= 4 is 33.9 Å². The van der Waals surface area contributed by atoms with Gasteiger partial charge in [-0.1, -0.05) is 18.7 Å². The van der Waals surface area contributed by atoms with Crippen LogP contribution in [0, 0.1) is 0 Å². The van der Waals surface area contributed by atoms with Crippen molar-refractivity contribution in [2.24, 2.45) is 0 Å². The standard InChI is InChI=1S/C27H24N2O7S/c1-3-10-34-18-7-5-16(14-20(18)33-4-2)23-22(25(31)26(32)29(23)27-28-9-13-37-27)24(30)17-6-8-19-21(15-17)36-12-11-35-19/h3,5-9,13-15,23,30H,1,4,10-12H2,2H3. The molecule has 0 radical (unpaired) electrons.